The van der Waals surface area contributed by atoms with Crippen molar-refractivity contribution in [2.24, 2.45) is 18.9 Å². The maximum absolute atomic E-state index is 13.5. The van der Waals surface area contributed by atoms with Crippen LogP contribution in [0.1, 0.15) is 69.5 Å². The van der Waals surface area contributed by atoms with Crippen molar-refractivity contribution in [2.45, 2.75) is 63.6 Å². The third-order valence-electron chi connectivity index (χ3n) is 7.57. The number of thiophene rings is 1. The molecule has 13 heteroatoms. The summed E-state index contributed by atoms with van der Waals surface area (Å²) in [5.41, 5.74) is 1.13. The Kier molecular flexibility index (Phi) is 6.48. The van der Waals surface area contributed by atoms with Gasteiger partial charge in [0, 0.05) is 41.9 Å². The Morgan fingerprint density at radius 3 is 2.74 bits per heavy atom. The van der Waals surface area contributed by atoms with Gasteiger partial charge in [0.25, 0.3) is 12.3 Å². The van der Waals surface area contributed by atoms with E-state index in [1.54, 1.807) is 13.4 Å². The summed E-state index contributed by atoms with van der Waals surface area (Å²) < 4.78 is 42.9. The maximum Gasteiger partial charge on any atom is 0.282 e. The molecule has 0 bridgehead atoms. The average Bonchev–Trinajstić information content (AvgIpc) is 3.72. The van der Waals surface area contributed by atoms with Crippen LogP contribution >= 0.6 is 11.3 Å². The highest BCUT2D eigenvalue weighted by atomic mass is 32.1. The van der Waals surface area contributed by atoms with Crippen molar-refractivity contribution in [1.29, 1.82) is 0 Å². The van der Waals surface area contributed by atoms with Gasteiger partial charge in [0.1, 0.15) is 29.8 Å². The number of Topliss-reactive ketones (excluding diaryl/α,β-unsaturated/α-hetero) is 1. The van der Waals surface area contributed by atoms with Crippen molar-refractivity contribution < 1.29 is 22.8 Å². The van der Waals surface area contributed by atoms with Gasteiger partial charge >= 0.3 is 0 Å². The standard InChI is InChI=1S/C25H28F3N7O2S/c1-34-21(8-17(33-34)23(27)28)31-25-32-30-11-35(25)13-4-5-19-15(6-13)22(24(37)29-10-12-2-3-12)20(38-19)9-18(36)14-7-16(14)26/h8,11-14,16,23H,2-7,9-10H2,1H3,(H,29,37)(H,31,32)/t13-,14-,16-/m0/s1. The zero-order valence-corrected chi connectivity index (χ0v) is 21.6. The Bertz CT molecular complexity index is 1380. The predicted octanol–water partition coefficient (Wildman–Crippen LogP) is 4.09. The van der Waals surface area contributed by atoms with Crippen LogP contribution in [-0.2, 0) is 31.1 Å². The number of alkyl halides is 3. The normalized spacial score (nSPS) is 22.4. The minimum absolute atomic E-state index is 0.0754. The lowest BCUT2D eigenvalue weighted by Crippen LogP contribution is -2.28. The molecular formula is C25H28F3N7O2S. The van der Waals surface area contributed by atoms with Crippen LogP contribution in [0.5, 0.6) is 0 Å². The largest absolute Gasteiger partial charge is 0.352 e. The Balaban J connectivity index is 1.26. The van der Waals surface area contributed by atoms with E-state index in [2.05, 4.69) is 25.9 Å². The number of aryl methyl sites for hydroxylation is 2. The summed E-state index contributed by atoms with van der Waals surface area (Å²) in [6, 6.07) is 1.18. The molecule has 1 amide bonds. The first-order valence-electron chi connectivity index (χ1n) is 12.9. The molecule has 6 rings (SSSR count). The second-order valence-electron chi connectivity index (χ2n) is 10.4. The SMILES string of the molecule is Cn1nc(C(F)F)cc1Nc1nncn1[C@H]1CCc2sc(CC(=O)[C@H]3C[C@@H]3F)c(C(=O)NCC3CC3)c2C1. The van der Waals surface area contributed by atoms with Crippen molar-refractivity contribution >= 4 is 34.8 Å². The molecule has 3 aromatic heterocycles. The van der Waals surface area contributed by atoms with E-state index in [1.807, 2.05) is 4.57 Å². The molecule has 2 N–H and O–H groups in total. The van der Waals surface area contributed by atoms with Crippen LogP contribution in [0.2, 0.25) is 0 Å². The summed E-state index contributed by atoms with van der Waals surface area (Å²) in [4.78, 5) is 27.8. The van der Waals surface area contributed by atoms with Gasteiger partial charge in [-0.1, -0.05) is 0 Å². The van der Waals surface area contributed by atoms with Crippen LogP contribution in [0.4, 0.5) is 24.9 Å². The Morgan fingerprint density at radius 2 is 2.05 bits per heavy atom. The van der Waals surface area contributed by atoms with Crippen LogP contribution in [-0.4, -0.2) is 49.0 Å². The van der Waals surface area contributed by atoms with E-state index in [1.165, 1.54) is 22.1 Å². The number of nitrogens with zero attached hydrogens (tertiary/aromatic N) is 5. The number of carbonyl (C=O) groups is 2. The lowest BCUT2D eigenvalue weighted by molar-refractivity contribution is -0.119. The maximum atomic E-state index is 13.5. The average molecular weight is 548 g/mol. The molecule has 0 radical (unpaired) electrons. The van der Waals surface area contributed by atoms with E-state index in [-0.39, 0.29) is 36.3 Å². The highest BCUT2D eigenvalue weighted by Gasteiger charge is 2.44. The molecule has 9 nitrogen and oxygen atoms in total. The molecule has 38 heavy (non-hydrogen) atoms. The van der Waals surface area contributed by atoms with Gasteiger partial charge in [0.05, 0.1) is 11.5 Å². The highest BCUT2D eigenvalue weighted by Crippen LogP contribution is 2.41. The van der Waals surface area contributed by atoms with E-state index < -0.39 is 18.5 Å². The molecule has 0 spiro atoms. The molecule has 0 aliphatic heterocycles. The van der Waals surface area contributed by atoms with E-state index in [0.29, 0.717) is 47.5 Å². The quantitative estimate of drug-likeness (QED) is 0.396. The number of aromatic nitrogens is 5. The topological polar surface area (TPSA) is 107 Å². The van der Waals surface area contributed by atoms with Crippen molar-refractivity contribution in [3.05, 3.63) is 39.0 Å². The summed E-state index contributed by atoms with van der Waals surface area (Å²) >= 11 is 1.49. The van der Waals surface area contributed by atoms with Crippen molar-refractivity contribution in [3.8, 4) is 0 Å². The first-order chi connectivity index (χ1) is 18.3. The molecule has 3 atom stereocenters. The molecule has 2 fully saturated rings. The summed E-state index contributed by atoms with van der Waals surface area (Å²) in [5.74, 6) is 0.375. The van der Waals surface area contributed by atoms with E-state index in [9.17, 15) is 22.8 Å². The van der Waals surface area contributed by atoms with Crippen LogP contribution in [0.15, 0.2) is 12.4 Å². The smallest absolute Gasteiger partial charge is 0.282 e. The molecule has 2 saturated carbocycles. The lowest BCUT2D eigenvalue weighted by atomic mass is 9.90. The van der Waals surface area contributed by atoms with Crippen molar-refractivity contribution in [1.82, 2.24) is 29.9 Å². The number of ketones is 1. The van der Waals surface area contributed by atoms with Crippen LogP contribution in [0.3, 0.4) is 0 Å². The fourth-order valence-electron chi connectivity index (χ4n) is 5.11. The number of hydrogen-bond acceptors (Lipinski definition) is 7. The summed E-state index contributed by atoms with van der Waals surface area (Å²) in [6.45, 7) is 0.611. The number of halogens is 3. The minimum Gasteiger partial charge on any atom is -0.352 e. The van der Waals surface area contributed by atoms with Gasteiger partial charge < -0.3 is 10.6 Å². The second-order valence-corrected chi connectivity index (χ2v) is 11.6. The third kappa shape index (κ3) is 4.95. The molecule has 3 aliphatic rings. The number of fused-ring (bicyclic) bond motifs is 1. The molecule has 0 saturated heterocycles. The van der Waals surface area contributed by atoms with Gasteiger partial charge in [0.15, 0.2) is 0 Å². The second kappa shape index (κ2) is 9.83. The van der Waals surface area contributed by atoms with Crippen molar-refractivity contribution in [2.75, 3.05) is 11.9 Å². The minimum atomic E-state index is -2.69. The number of rotatable bonds is 10. The van der Waals surface area contributed by atoms with E-state index >= 15 is 0 Å². The summed E-state index contributed by atoms with van der Waals surface area (Å²) in [6.07, 6.45) is 2.37. The molecule has 3 aromatic rings. The van der Waals surface area contributed by atoms with Crippen molar-refractivity contribution in [3.63, 3.8) is 0 Å². The monoisotopic (exact) mass is 547 g/mol. The first-order valence-corrected chi connectivity index (χ1v) is 13.7. The van der Waals surface area contributed by atoms with Gasteiger partial charge in [-0.25, -0.2) is 13.2 Å². The molecular weight excluding hydrogens is 519 g/mol. The van der Waals surface area contributed by atoms with Crippen LogP contribution in [0, 0.1) is 11.8 Å². The zero-order valence-electron chi connectivity index (χ0n) is 20.8. The number of carbonyl (C=O) groups excluding carboxylic acids is 2. The Hall–Kier alpha value is -3.22. The molecule has 0 unspecified atom stereocenters. The van der Waals surface area contributed by atoms with Gasteiger partial charge in [-0.05, 0) is 50.0 Å². The van der Waals surface area contributed by atoms with Gasteiger partial charge in [-0.3, -0.25) is 18.8 Å². The number of hydrogen-bond donors (Lipinski definition) is 2. The number of amides is 1. The highest BCUT2D eigenvalue weighted by molar-refractivity contribution is 7.12. The van der Waals surface area contributed by atoms with Gasteiger partial charge in [0.2, 0.25) is 5.95 Å². The molecule has 3 aliphatic carbocycles. The number of anilines is 2. The van der Waals surface area contributed by atoms with Crippen LogP contribution in [0.25, 0.3) is 0 Å². The molecule has 3 heterocycles. The fraction of sp³-hybridized carbons (Fsp3) is 0.560. The Labute approximate surface area is 220 Å². The fourth-order valence-corrected chi connectivity index (χ4v) is 6.47. The van der Waals surface area contributed by atoms with Crippen LogP contribution < -0.4 is 10.6 Å². The summed E-state index contributed by atoms with van der Waals surface area (Å²) in [7, 11) is 1.56. The van der Waals surface area contributed by atoms with Gasteiger partial charge in [-0.15, -0.1) is 21.5 Å². The third-order valence-corrected chi connectivity index (χ3v) is 8.86. The number of nitrogens with one attached hydrogen (secondary N) is 2. The molecule has 202 valence electrons. The van der Waals surface area contributed by atoms with E-state index in [4.69, 9.17) is 0 Å². The van der Waals surface area contributed by atoms with E-state index in [0.717, 1.165) is 29.7 Å². The summed E-state index contributed by atoms with van der Waals surface area (Å²) in [5, 5.41) is 18.1. The van der Waals surface area contributed by atoms with Gasteiger partial charge in [-0.2, -0.15) is 5.10 Å². The lowest BCUT2D eigenvalue weighted by Gasteiger charge is -2.25. The zero-order chi connectivity index (χ0) is 26.6. The molecule has 0 aromatic carbocycles. The first kappa shape index (κ1) is 25.1. The Morgan fingerprint density at radius 1 is 1.26 bits per heavy atom. The predicted molar refractivity (Wildman–Crippen MR) is 134 cm³/mol.